The van der Waals surface area contributed by atoms with E-state index in [1.165, 1.54) is 12.1 Å². The van der Waals surface area contributed by atoms with Gasteiger partial charge in [0, 0.05) is 43.3 Å². The van der Waals surface area contributed by atoms with Gasteiger partial charge in [-0.1, -0.05) is 13.0 Å². The number of likely N-dealkylation sites (N-methyl/N-ethyl adjacent to an activating group) is 1. The number of nitrogens with one attached hydrogen (secondary N) is 1. The SMILES string of the molecule is CCc1cc(O)c(F)cc1-c1cc(OC2CC(NC(=O)/C=C/CN(C)C)C2)c2cncn2c1. The van der Waals surface area contributed by atoms with E-state index >= 15 is 0 Å². The van der Waals surface area contributed by atoms with Gasteiger partial charge in [-0.3, -0.25) is 4.79 Å². The molecule has 1 fully saturated rings. The Morgan fingerprint density at radius 3 is 2.88 bits per heavy atom. The molecule has 0 radical (unpaired) electrons. The second-order valence-electron chi connectivity index (χ2n) is 8.67. The molecule has 1 aromatic carbocycles. The van der Waals surface area contributed by atoms with Crippen molar-refractivity contribution in [1.82, 2.24) is 19.6 Å². The highest BCUT2D eigenvalue weighted by molar-refractivity contribution is 5.87. The highest BCUT2D eigenvalue weighted by Crippen LogP contribution is 2.35. The van der Waals surface area contributed by atoms with Crippen LogP contribution in [0.3, 0.4) is 0 Å². The molecule has 7 nitrogen and oxygen atoms in total. The lowest BCUT2D eigenvalue weighted by atomic mass is 9.89. The molecular formula is C25H29FN4O3. The van der Waals surface area contributed by atoms with Crippen LogP contribution in [0.25, 0.3) is 16.6 Å². The van der Waals surface area contributed by atoms with Crippen LogP contribution in [0.2, 0.25) is 0 Å². The van der Waals surface area contributed by atoms with Gasteiger partial charge in [0.1, 0.15) is 17.4 Å². The summed E-state index contributed by atoms with van der Waals surface area (Å²) in [5.41, 5.74) is 3.14. The van der Waals surface area contributed by atoms with Gasteiger partial charge in [0.05, 0.1) is 12.5 Å². The number of halogens is 1. The number of pyridine rings is 1. The fourth-order valence-corrected chi connectivity index (χ4v) is 3.99. The van der Waals surface area contributed by atoms with Gasteiger partial charge < -0.3 is 24.5 Å². The van der Waals surface area contributed by atoms with Crippen LogP contribution in [-0.2, 0) is 11.2 Å². The summed E-state index contributed by atoms with van der Waals surface area (Å²) in [5.74, 6) is -0.453. The van der Waals surface area contributed by atoms with Crippen molar-refractivity contribution < 1.29 is 19.0 Å². The second-order valence-corrected chi connectivity index (χ2v) is 8.67. The molecular weight excluding hydrogens is 423 g/mol. The molecule has 0 aliphatic heterocycles. The molecule has 33 heavy (non-hydrogen) atoms. The van der Waals surface area contributed by atoms with Crippen molar-refractivity contribution in [2.75, 3.05) is 20.6 Å². The molecule has 2 N–H and O–H groups in total. The number of carbonyl (C=O) groups is 1. The number of amides is 1. The number of phenolic OH excluding ortho intramolecular Hbond substituents is 1. The van der Waals surface area contributed by atoms with Gasteiger partial charge in [0.2, 0.25) is 5.91 Å². The summed E-state index contributed by atoms with van der Waals surface area (Å²) < 4.78 is 22.2. The van der Waals surface area contributed by atoms with Crippen molar-refractivity contribution >= 4 is 11.4 Å². The zero-order valence-electron chi connectivity index (χ0n) is 19.1. The summed E-state index contributed by atoms with van der Waals surface area (Å²) in [7, 11) is 3.90. The van der Waals surface area contributed by atoms with Gasteiger partial charge in [-0.2, -0.15) is 0 Å². The number of hydrogen-bond donors (Lipinski definition) is 2. The molecule has 2 heterocycles. The van der Waals surface area contributed by atoms with E-state index in [9.17, 15) is 14.3 Å². The lowest BCUT2D eigenvalue weighted by molar-refractivity contribution is -0.118. The highest BCUT2D eigenvalue weighted by Gasteiger charge is 2.32. The van der Waals surface area contributed by atoms with Crippen LogP contribution in [0, 0.1) is 5.82 Å². The Morgan fingerprint density at radius 1 is 1.36 bits per heavy atom. The molecule has 8 heteroatoms. The van der Waals surface area contributed by atoms with Gasteiger partial charge in [0.15, 0.2) is 11.6 Å². The van der Waals surface area contributed by atoms with E-state index in [0.717, 1.165) is 16.6 Å². The average molecular weight is 453 g/mol. The molecule has 1 amide bonds. The minimum atomic E-state index is -0.660. The summed E-state index contributed by atoms with van der Waals surface area (Å²) >= 11 is 0. The first kappa shape index (κ1) is 22.8. The van der Waals surface area contributed by atoms with Gasteiger partial charge >= 0.3 is 0 Å². The van der Waals surface area contributed by atoms with E-state index in [4.69, 9.17) is 4.74 Å². The van der Waals surface area contributed by atoms with E-state index in [-0.39, 0.29) is 23.8 Å². The van der Waals surface area contributed by atoms with Gasteiger partial charge in [-0.05, 0) is 49.8 Å². The Kier molecular flexibility index (Phi) is 6.65. The fraction of sp³-hybridized carbons (Fsp3) is 0.360. The first-order valence-corrected chi connectivity index (χ1v) is 11.1. The lowest BCUT2D eigenvalue weighted by Crippen LogP contribution is -2.48. The van der Waals surface area contributed by atoms with Crippen LogP contribution < -0.4 is 10.1 Å². The van der Waals surface area contributed by atoms with Crippen LogP contribution >= 0.6 is 0 Å². The maximum Gasteiger partial charge on any atom is 0.243 e. The zero-order chi connectivity index (χ0) is 23.5. The number of carbonyl (C=O) groups excluding carboxylic acids is 1. The van der Waals surface area contributed by atoms with E-state index in [2.05, 4.69) is 10.3 Å². The minimum Gasteiger partial charge on any atom is -0.505 e. The maximum atomic E-state index is 14.1. The Balaban J connectivity index is 1.48. The van der Waals surface area contributed by atoms with Crippen molar-refractivity contribution in [3.05, 3.63) is 60.5 Å². The van der Waals surface area contributed by atoms with Crippen LogP contribution in [-0.4, -0.2) is 58.1 Å². The third-order valence-corrected chi connectivity index (χ3v) is 5.82. The van der Waals surface area contributed by atoms with Crippen molar-refractivity contribution in [3.8, 4) is 22.6 Å². The van der Waals surface area contributed by atoms with Crippen LogP contribution in [0.5, 0.6) is 11.5 Å². The molecule has 0 saturated heterocycles. The summed E-state index contributed by atoms with van der Waals surface area (Å²) in [5, 5.41) is 12.8. The number of phenols is 1. The fourth-order valence-electron chi connectivity index (χ4n) is 3.99. The molecule has 0 atom stereocenters. The number of ether oxygens (including phenoxy) is 1. The van der Waals surface area contributed by atoms with Crippen LogP contribution in [0.4, 0.5) is 4.39 Å². The van der Waals surface area contributed by atoms with E-state index in [1.54, 1.807) is 18.6 Å². The number of aromatic nitrogens is 2. The molecule has 174 valence electrons. The van der Waals surface area contributed by atoms with Crippen LogP contribution in [0.15, 0.2) is 49.1 Å². The molecule has 3 aromatic rings. The predicted molar refractivity (Wildman–Crippen MR) is 125 cm³/mol. The molecule has 0 spiro atoms. The summed E-state index contributed by atoms with van der Waals surface area (Å²) in [6.45, 7) is 2.67. The number of hydrogen-bond acceptors (Lipinski definition) is 5. The number of benzene rings is 1. The zero-order valence-corrected chi connectivity index (χ0v) is 19.1. The number of aryl methyl sites for hydroxylation is 1. The van der Waals surface area contributed by atoms with Crippen molar-refractivity contribution in [2.24, 2.45) is 0 Å². The molecule has 0 bridgehead atoms. The van der Waals surface area contributed by atoms with Crippen LogP contribution in [0.1, 0.15) is 25.3 Å². The summed E-state index contributed by atoms with van der Waals surface area (Å²) in [4.78, 5) is 18.2. The normalized spacial score (nSPS) is 18.1. The third-order valence-electron chi connectivity index (χ3n) is 5.82. The molecule has 2 aromatic heterocycles. The summed E-state index contributed by atoms with van der Waals surface area (Å²) in [6, 6.07) is 4.79. The minimum absolute atomic E-state index is 0.0304. The first-order valence-electron chi connectivity index (χ1n) is 11.1. The Bertz CT molecular complexity index is 1180. The standard InChI is InChI=1S/C25H29FN4O3/c1-4-16-8-23(31)21(26)12-20(16)17-9-24(22-13-27-15-30(22)14-17)33-19-10-18(11-19)28-25(32)6-5-7-29(2)3/h5-6,8-9,12-15,18-19,31H,4,7,10-11H2,1-3H3,(H,28,32)/b6-5+. The Hall–Kier alpha value is -3.39. The highest BCUT2D eigenvalue weighted by atomic mass is 19.1. The van der Waals surface area contributed by atoms with Gasteiger partial charge in [-0.15, -0.1) is 0 Å². The number of fused-ring (bicyclic) bond motifs is 1. The Morgan fingerprint density at radius 2 is 2.15 bits per heavy atom. The quantitative estimate of drug-likeness (QED) is 0.511. The second kappa shape index (κ2) is 9.62. The summed E-state index contributed by atoms with van der Waals surface area (Å²) in [6.07, 6.45) is 10.7. The van der Waals surface area contributed by atoms with E-state index in [0.29, 0.717) is 37.1 Å². The number of aromatic hydroxyl groups is 1. The largest absolute Gasteiger partial charge is 0.505 e. The maximum absolute atomic E-state index is 14.1. The van der Waals surface area contributed by atoms with Crippen molar-refractivity contribution in [1.29, 1.82) is 0 Å². The molecule has 1 aliphatic carbocycles. The van der Waals surface area contributed by atoms with E-state index < -0.39 is 5.82 Å². The monoisotopic (exact) mass is 452 g/mol. The smallest absolute Gasteiger partial charge is 0.243 e. The topological polar surface area (TPSA) is 79.1 Å². The first-order chi connectivity index (χ1) is 15.8. The average Bonchev–Trinajstić information content (AvgIpc) is 3.22. The third kappa shape index (κ3) is 5.17. The van der Waals surface area contributed by atoms with Crippen molar-refractivity contribution in [3.63, 3.8) is 0 Å². The molecule has 1 saturated carbocycles. The molecule has 1 aliphatic rings. The number of rotatable bonds is 8. The van der Waals surface area contributed by atoms with Crippen molar-refractivity contribution in [2.45, 2.75) is 38.3 Å². The predicted octanol–water partition coefficient (Wildman–Crippen LogP) is 3.55. The van der Waals surface area contributed by atoms with E-state index in [1.807, 2.05) is 48.7 Å². The van der Waals surface area contributed by atoms with Gasteiger partial charge in [-0.25, -0.2) is 9.37 Å². The van der Waals surface area contributed by atoms with Gasteiger partial charge in [0.25, 0.3) is 0 Å². The molecule has 0 unspecified atom stereocenters. The molecule has 4 rings (SSSR count). The Labute approximate surface area is 192 Å². The number of nitrogens with zero attached hydrogens (tertiary/aromatic N) is 3. The number of imidazole rings is 1. The lowest BCUT2D eigenvalue weighted by Gasteiger charge is -2.35.